The molecule has 162 valence electrons. The Morgan fingerprint density at radius 2 is 1.87 bits per heavy atom. The number of halogens is 3. The Labute approximate surface area is 182 Å². The number of methoxy groups -OCH3 is 1. The summed E-state index contributed by atoms with van der Waals surface area (Å²) in [5.41, 5.74) is 1.31. The fraction of sp³-hybridized carbons (Fsp3) is 0.208. The van der Waals surface area contributed by atoms with Gasteiger partial charge in [0.15, 0.2) is 5.78 Å². The van der Waals surface area contributed by atoms with Crippen molar-refractivity contribution in [2.75, 3.05) is 7.11 Å². The molecule has 1 heterocycles. The van der Waals surface area contributed by atoms with E-state index in [2.05, 4.69) is 0 Å². The molecule has 0 spiro atoms. The minimum Gasteiger partial charge on any atom is -0.496 e. The molecule has 0 aliphatic rings. The molecule has 0 atom stereocenters. The van der Waals surface area contributed by atoms with Crippen molar-refractivity contribution < 1.29 is 27.4 Å². The number of thiophene rings is 1. The van der Waals surface area contributed by atoms with E-state index in [0.717, 1.165) is 27.5 Å². The molecule has 0 N–H and O–H groups in total. The molecule has 0 bridgehead atoms. The maximum absolute atomic E-state index is 12.9. The van der Waals surface area contributed by atoms with Crippen LogP contribution >= 0.6 is 11.3 Å². The molecule has 0 aliphatic heterocycles. The summed E-state index contributed by atoms with van der Waals surface area (Å²) in [6.45, 7) is 3.89. The van der Waals surface area contributed by atoms with Gasteiger partial charge in [-0.15, -0.1) is 11.3 Å². The molecule has 31 heavy (non-hydrogen) atoms. The van der Waals surface area contributed by atoms with Crippen molar-refractivity contribution >= 4 is 23.2 Å². The van der Waals surface area contributed by atoms with Gasteiger partial charge in [-0.25, -0.2) is 0 Å². The molecule has 0 amide bonds. The monoisotopic (exact) mass is 446 g/mol. The van der Waals surface area contributed by atoms with Gasteiger partial charge in [0.05, 0.1) is 12.7 Å². The van der Waals surface area contributed by atoms with Crippen LogP contribution in [0.1, 0.15) is 36.8 Å². The van der Waals surface area contributed by atoms with Crippen LogP contribution in [-0.2, 0) is 12.8 Å². The maximum atomic E-state index is 12.9. The highest BCUT2D eigenvalue weighted by Gasteiger charge is 2.30. The summed E-state index contributed by atoms with van der Waals surface area (Å²) in [4.78, 5) is 14.5. The predicted molar refractivity (Wildman–Crippen MR) is 116 cm³/mol. The lowest BCUT2D eigenvalue weighted by Crippen LogP contribution is -2.05. The van der Waals surface area contributed by atoms with Crippen LogP contribution in [0.4, 0.5) is 13.2 Å². The van der Waals surface area contributed by atoms with Crippen molar-refractivity contribution in [3.8, 4) is 11.5 Å². The zero-order valence-corrected chi connectivity index (χ0v) is 18.1. The Hall–Kier alpha value is -3.06. The average Bonchev–Trinajstić information content (AvgIpc) is 3.08. The van der Waals surface area contributed by atoms with Crippen LogP contribution in [0.5, 0.6) is 11.5 Å². The lowest BCUT2D eigenvalue weighted by Gasteiger charge is -2.13. The first kappa shape index (κ1) is 22.6. The van der Waals surface area contributed by atoms with Crippen LogP contribution in [0, 0.1) is 13.8 Å². The SMILES string of the molecule is COc1ccc(/C=C/C(=O)c2cc(C)sc2C)cc1COc1cccc(C(F)(F)F)c1. The highest BCUT2D eigenvalue weighted by Crippen LogP contribution is 2.32. The second-order valence-corrected chi connectivity index (χ2v) is 8.37. The van der Waals surface area contributed by atoms with E-state index in [1.807, 2.05) is 19.9 Å². The van der Waals surface area contributed by atoms with E-state index in [-0.39, 0.29) is 18.1 Å². The van der Waals surface area contributed by atoms with Crippen molar-refractivity contribution in [1.29, 1.82) is 0 Å². The summed E-state index contributed by atoms with van der Waals surface area (Å²) in [5.74, 6) is 0.565. The van der Waals surface area contributed by atoms with Crippen molar-refractivity contribution in [2.45, 2.75) is 26.6 Å². The van der Waals surface area contributed by atoms with Crippen LogP contribution < -0.4 is 9.47 Å². The lowest BCUT2D eigenvalue weighted by atomic mass is 10.1. The zero-order valence-electron chi connectivity index (χ0n) is 17.2. The summed E-state index contributed by atoms with van der Waals surface area (Å²) in [6.07, 6.45) is -1.23. The van der Waals surface area contributed by atoms with E-state index >= 15 is 0 Å². The summed E-state index contributed by atoms with van der Waals surface area (Å²) in [7, 11) is 1.50. The lowest BCUT2D eigenvalue weighted by molar-refractivity contribution is -0.137. The highest BCUT2D eigenvalue weighted by atomic mass is 32.1. The minimum atomic E-state index is -4.44. The van der Waals surface area contributed by atoms with Gasteiger partial charge in [0, 0.05) is 20.9 Å². The molecule has 0 saturated heterocycles. The topological polar surface area (TPSA) is 35.5 Å². The minimum absolute atomic E-state index is 0.0168. The third-order valence-electron chi connectivity index (χ3n) is 4.59. The van der Waals surface area contributed by atoms with Gasteiger partial charge < -0.3 is 9.47 Å². The summed E-state index contributed by atoms with van der Waals surface area (Å²) in [5, 5.41) is 0. The van der Waals surface area contributed by atoms with Crippen molar-refractivity contribution in [1.82, 2.24) is 0 Å². The molecule has 0 aliphatic carbocycles. The van der Waals surface area contributed by atoms with Gasteiger partial charge in [0.25, 0.3) is 0 Å². The number of hydrogen-bond acceptors (Lipinski definition) is 4. The number of benzene rings is 2. The molecule has 3 aromatic rings. The van der Waals surface area contributed by atoms with Gasteiger partial charge in [-0.1, -0.05) is 18.2 Å². The first-order chi connectivity index (χ1) is 14.7. The van der Waals surface area contributed by atoms with E-state index in [9.17, 15) is 18.0 Å². The molecule has 0 radical (unpaired) electrons. The van der Waals surface area contributed by atoms with Crippen molar-refractivity contribution in [2.24, 2.45) is 0 Å². The molecule has 0 saturated carbocycles. The summed E-state index contributed by atoms with van der Waals surface area (Å²) >= 11 is 1.58. The third kappa shape index (κ3) is 5.76. The third-order valence-corrected chi connectivity index (χ3v) is 5.56. The molecule has 7 heteroatoms. The molecule has 0 fully saturated rings. The van der Waals surface area contributed by atoms with Gasteiger partial charge in [-0.2, -0.15) is 13.2 Å². The smallest absolute Gasteiger partial charge is 0.416 e. The quantitative estimate of drug-likeness (QED) is 0.294. The second kappa shape index (κ2) is 9.39. The Morgan fingerprint density at radius 3 is 2.52 bits per heavy atom. The van der Waals surface area contributed by atoms with Crippen LogP contribution in [0.25, 0.3) is 6.08 Å². The highest BCUT2D eigenvalue weighted by molar-refractivity contribution is 7.12. The largest absolute Gasteiger partial charge is 0.496 e. The van der Waals surface area contributed by atoms with Gasteiger partial charge >= 0.3 is 6.18 Å². The van der Waals surface area contributed by atoms with Gasteiger partial charge in [-0.05, 0) is 61.9 Å². The molecule has 2 aromatic carbocycles. The van der Waals surface area contributed by atoms with Crippen molar-refractivity contribution in [3.63, 3.8) is 0 Å². The standard InChI is InChI=1S/C24H21F3O3S/c1-15-11-21(16(2)31-15)22(28)9-7-17-8-10-23(29-3)18(12-17)14-30-20-6-4-5-19(13-20)24(25,26)27/h4-13H,14H2,1-3H3/b9-7+. The number of allylic oxidation sites excluding steroid dienone is 1. The Balaban J connectivity index is 1.76. The van der Waals surface area contributed by atoms with Crippen LogP contribution in [0.15, 0.2) is 54.6 Å². The van der Waals surface area contributed by atoms with E-state index in [1.165, 1.54) is 25.3 Å². The first-order valence-corrected chi connectivity index (χ1v) is 10.3. The van der Waals surface area contributed by atoms with Gasteiger partial charge in [0.2, 0.25) is 0 Å². The number of ether oxygens (including phenoxy) is 2. The Morgan fingerprint density at radius 1 is 1.10 bits per heavy atom. The Kier molecular flexibility index (Phi) is 6.85. The molecular weight excluding hydrogens is 425 g/mol. The van der Waals surface area contributed by atoms with Crippen LogP contribution in [0.2, 0.25) is 0 Å². The van der Waals surface area contributed by atoms with E-state index in [0.29, 0.717) is 16.9 Å². The number of rotatable bonds is 7. The number of carbonyl (C=O) groups is 1. The molecule has 0 unspecified atom stereocenters. The van der Waals surface area contributed by atoms with Crippen molar-refractivity contribution in [3.05, 3.63) is 86.6 Å². The number of hydrogen-bond donors (Lipinski definition) is 0. The first-order valence-electron chi connectivity index (χ1n) is 9.44. The molecular formula is C24H21F3O3S. The molecule has 3 nitrogen and oxygen atoms in total. The normalized spacial score (nSPS) is 11.7. The predicted octanol–water partition coefficient (Wildman–Crippen LogP) is 6.87. The second-order valence-electron chi connectivity index (χ2n) is 6.91. The number of alkyl halides is 3. The zero-order chi connectivity index (χ0) is 22.6. The van der Waals surface area contributed by atoms with Gasteiger partial charge in [-0.3, -0.25) is 4.79 Å². The van der Waals surface area contributed by atoms with Crippen LogP contribution in [-0.4, -0.2) is 12.9 Å². The summed E-state index contributed by atoms with van der Waals surface area (Å²) < 4.78 is 49.6. The summed E-state index contributed by atoms with van der Waals surface area (Å²) in [6, 6.07) is 11.9. The number of carbonyl (C=O) groups excluding carboxylic acids is 1. The van der Waals surface area contributed by atoms with E-state index < -0.39 is 11.7 Å². The average molecular weight is 446 g/mol. The molecule has 3 rings (SSSR count). The van der Waals surface area contributed by atoms with E-state index in [4.69, 9.17) is 9.47 Å². The molecule has 1 aromatic heterocycles. The van der Waals surface area contributed by atoms with E-state index in [1.54, 1.807) is 35.6 Å². The number of ketones is 1. The fourth-order valence-electron chi connectivity index (χ4n) is 3.08. The maximum Gasteiger partial charge on any atom is 0.416 e. The fourth-order valence-corrected chi connectivity index (χ4v) is 4.00. The van der Waals surface area contributed by atoms with Crippen LogP contribution in [0.3, 0.4) is 0 Å². The Bertz CT molecular complexity index is 1110. The van der Waals surface area contributed by atoms with Gasteiger partial charge in [0.1, 0.15) is 18.1 Å². The number of aryl methyl sites for hydroxylation is 2.